The smallest absolute Gasteiger partial charge is 0.253 e. The molecule has 0 saturated heterocycles. The number of methoxy groups -OCH3 is 2. The van der Waals surface area contributed by atoms with Gasteiger partial charge in [0.15, 0.2) is 11.5 Å². The van der Waals surface area contributed by atoms with Crippen LogP contribution in [0.15, 0.2) is 12.1 Å². The summed E-state index contributed by atoms with van der Waals surface area (Å²) in [5, 5.41) is 2.93. The fourth-order valence-electron chi connectivity index (χ4n) is 2.33. The maximum atomic E-state index is 12.2. The molecule has 0 aliphatic heterocycles. The summed E-state index contributed by atoms with van der Waals surface area (Å²) in [6, 6.07) is 3.22. The normalized spacial score (nSPS) is 19.3. The second kappa shape index (κ2) is 5.23. The summed E-state index contributed by atoms with van der Waals surface area (Å²) < 4.78 is 10.3. The quantitative estimate of drug-likeness (QED) is 0.809. The van der Waals surface area contributed by atoms with E-state index < -0.39 is 0 Å². The maximum absolute atomic E-state index is 12.2. The van der Waals surface area contributed by atoms with Gasteiger partial charge in [0.05, 0.1) is 19.8 Å². The molecule has 1 aliphatic rings. The predicted octanol–water partition coefficient (Wildman–Crippen LogP) is 2.06. The van der Waals surface area contributed by atoms with Crippen LogP contribution in [0.1, 0.15) is 30.6 Å². The highest BCUT2D eigenvalue weighted by Gasteiger charge is 2.45. The Bertz CT molecular complexity index is 526. The number of hydrogen-bond donors (Lipinski definition) is 2. The number of carbonyl (C=O) groups is 1. The van der Waals surface area contributed by atoms with E-state index in [0.29, 0.717) is 40.6 Å². The lowest BCUT2D eigenvalue weighted by Gasteiger charge is -2.13. The number of carbonyl (C=O) groups excluding carboxylic acids is 1. The number of hydrogen-bond acceptors (Lipinski definition) is 4. The van der Waals surface area contributed by atoms with Gasteiger partial charge in [-0.25, -0.2) is 0 Å². The van der Waals surface area contributed by atoms with Gasteiger partial charge in [-0.3, -0.25) is 4.79 Å². The molecule has 0 aromatic heterocycles. The van der Waals surface area contributed by atoms with Gasteiger partial charge >= 0.3 is 0 Å². The van der Waals surface area contributed by atoms with E-state index in [4.69, 9.17) is 15.2 Å². The van der Waals surface area contributed by atoms with Crippen LogP contribution in [0.4, 0.5) is 5.69 Å². The first-order valence-corrected chi connectivity index (χ1v) is 6.68. The second-order valence-corrected chi connectivity index (χ2v) is 5.89. The number of nitrogen functional groups attached to an aromatic ring is 1. The van der Waals surface area contributed by atoms with Crippen LogP contribution in [0.3, 0.4) is 0 Å². The molecule has 0 radical (unpaired) electrons. The minimum Gasteiger partial charge on any atom is -0.493 e. The van der Waals surface area contributed by atoms with Crippen LogP contribution in [0, 0.1) is 11.3 Å². The molecule has 5 nitrogen and oxygen atoms in total. The van der Waals surface area contributed by atoms with Gasteiger partial charge in [0.1, 0.15) is 0 Å². The zero-order valence-electron chi connectivity index (χ0n) is 12.4. The summed E-state index contributed by atoms with van der Waals surface area (Å²) in [6.07, 6.45) is 1.15. The molecular weight excluding hydrogens is 256 g/mol. The SMILES string of the molecule is COc1cc(N)c(C(=O)NCC2CC2(C)C)cc1OC. The highest BCUT2D eigenvalue weighted by atomic mass is 16.5. The monoisotopic (exact) mass is 278 g/mol. The number of anilines is 1. The minimum atomic E-state index is -0.175. The zero-order valence-corrected chi connectivity index (χ0v) is 12.4. The summed E-state index contributed by atoms with van der Waals surface area (Å²) in [4.78, 5) is 12.2. The molecule has 1 aromatic carbocycles. The average molecular weight is 278 g/mol. The number of rotatable bonds is 5. The van der Waals surface area contributed by atoms with Crippen molar-refractivity contribution in [2.45, 2.75) is 20.3 Å². The van der Waals surface area contributed by atoms with E-state index in [9.17, 15) is 4.79 Å². The fraction of sp³-hybridized carbons (Fsp3) is 0.533. The van der Waals surface area contributed by atoms with Crippen LogP contribution in [-0.2, 0) is 0 Å². The first-order chi connectivity index (χ1) is 9.39. The molecule has 5 heteroatoms. The van der Waals surface area contributed by atoms with E-state index in [1.54, 1.807) is 12.1 Å². The summed E-state index contributed by atoms with van der Waals surface area (Å²) in [5.41, 5.74) is 7.05. The molecule has 1 saturated carbocycles. The van der Waals surface area contributed by atoms with Gasteiger partial charge < -0.3 is 20.5 Å². The molecule has 110 valence electrons. The Hall–Kier alpha value is -1.91. The molecule has 1 fully saturated rings. The van der Waals surface area contributed by atoms with Crippen molar-refractivity contribution in [1.29, 1.82) is 0 Å². The van der Waals surface area contributed by atoms with Gasteiger partial charge in [-0.05, 0) is 23.8 Å². The summed E-state index contributed by atoms with van der Waals surface area (Å²) >= 11 is 0. The largest absolute Gasteiger partial charge is 0.493 e. The van der Waals surface area contributed by atoms with Crippen molar-refractivity contribution in [3.8, 4) is 11.5 Å². The van der Waals surface area contributed by atoms with Crippen molar-refractivity contribution >= 4 is 11.6 Å². The van der Waals surface area contributed by atoms with Crippen LogP contribution < -0.4 is 20.5 Å². The Morgan fingerprint density at radius 3 is 2.40 bits per heavy atom. The molecule has 20 heavy (non-hydrogen) atoms. The molecule has 0 heterocycles. The molecule has 1 unspecified atom stereocenters. The number of amides is 1. The standard InChI is InChI=1S/C15H22N2O3/c1-15(2)7-9(15)8-17-14(18)10-5-12(19-3)13(20-4)6-11(10)16/h5-6,9H,7-8,16H2,1-4H3,(H,17,18). The molecule has 1 aromatic rings. The Morgan fingerprint density at radius 2 is 1.90 bits per heavy atom. The molecule has 1 amide bonds. The Labute approximate surface area is 119 Å². The minimum absolute atomic E-state index is 0.175. The van der Waals surface area contributed by atoms with Crippen molar-refractivity contribution in [3.05, 3.63) is 17.7 Å². The van der Waals surface area contributed by atoms with Gasteiger partial charge in [0.25, 0.3) is 5.91 Å². The molecule has 2 rings (SSSR count). The van der Waals surface area contributed by atoms with Crippen LogP contribution in [0.25, 0.3) is 0 Å². The van der Waals surface area contributed by atoms with Crippen LogP contribution in [-0.4, -0.2) is 26.7 Å². The maximum Gasteiger partial charge on any atom is 0.253 e. The Balaban J connectivity index is 2.09. The third-order valence-electron chi connectivity index (χ3n) is 4.03. The Morgan fingerprint density at radius 1 is 1.35 bits per heavy atom. The van der Waals surface area contributed by atoms with Crippen molar-refractivity contribution in [2.24, 2.45) is 11.3 Å². The Kier molecular flexibility index (Phi) is 3.79. The highest BCUT2D eigenvalue weighted by molar-refractivity contribution is 6.00. The van der Waals surface area contributed by atoms with Crippen molar-refractivity contribution in [3.63, 3.8) is 0 Å². The molecule has 0 spiro atoms. The van der Waals surface area contributed by atoms with Crippen molar-refractivity contribution < 1.29 is 14.3 Å². The predicted molar refractivity (Wildman–Crippen MR) is 78.2 cm³/mol. The lowest BCUT2D eigenvalue weighted by atomic mass is 10.1. The summed E-state index contributed by atoms with van der Waals surface area (Å²) in [7, 11) is 3.06. The average Bonchev–Trinajstić information content (AvgIpc) is 3.03. The topological polar surface area (TPSA) is 73.6 Å². The van der Waals surface area contributed by atoms with E-state index in [0.717, 1.165) is 6.42 Å². The fourth-order valence-corrected chi connectivity index (χ4v) is 2.33. The first-order valence-electron chi connectivity index (χ1n) is 6.68. The third-order valence-corrected chi connectivity index (χ3v) is 4.03. The zero-order chi connectivity index (χ0) is 14.9. The van der Waals surface area contributed by atoms with Crippen LogP contribution >= 0.6 is 0 Å². The molecule has 0 bridgehead atoms. The molecule has 1 atom stereocenters. The third kappa shape index (κ3) is 2.81. The number of ether oxygens (including phenoxy) is 2. The number of benzene rings is 1. The highest BCUT2D eigenvalue weighted by Crippen LogP contribution is 2.51. The van der Waals surface area contributed by atoms with E-state index in [1.165, 1.54) is 14.2 Å². The lowest BCUT2D eigenvalue weighted by molar-refractivity contribution is 0.0951. The first kappa shape index (κ1) is 14.5. The van der Waals surface area contributed by atoms with Crippen LogP contribution in [0.5, 0.6) is 11.5 Å². The van der Waals surface area contributed by atoms with Crippen LogP contribution in [0.2, 0.25) is 0 Å². The van der Waals surface area contributed by atoms with Gasteiger partial charge in [-0.2, -0.15) is 0 Å². The second-order valence-electron chi connectivity index (χ2n) is 5.89. The summed E-state index contributed by atoms with van der Waals surface area (Å²) in [5.74, 6) is 1.39. The molecular formula is C15H22N2O3. The van der Waals surface area contributed by atoms with Crippen molar-refractivity contribution in [2.75, 3.05) is 26.5 Å². The van der Waals surface area contributed by atoms with E-state index in [-0.39, 0.29) is 5.91 Å². The molecule has 3 N–H and O–H groups in total. The van der Waals surface area contributed by atoms with Crippen molar-refractivity contribution in [1.82, 2.24) is 5.32 Å². The van der Waals surface area contributed by atoms with Gasteiger partial charge in [0, 0.05) is 18.3 Å². The van der Waals surface area contributed by atoms with E-state index in [2.05, 4.69) is 19.2 Å². The van der Waals surface area contributed by atoms with E-state index in [1.807, 2.05) is 0 Å². The van der Waals surface area contributed by atoms with Gasteiger partial charge in [-0.15, -0.1) is 0 Å². The lowest BCUT2D eigenvalue weighted by Crippen LogP contribution is -2.27. The number of nitrogens with one attached hydrogen (secondary N) is 1. The van der Waals surface area contributed by atoms with Gasteiger partial charge in [-0.1, -0.05) is 13.8 Å². The van der Waals surface area contributed by atoms with Gasteiger partial charge in [0.2, 0.25) is 0 Å². The molecule has 1 aliphatic carbocycles. The number of nitrogens with two attached hydrogens (primary N) is 1. The van der Waals surface area contributed by atoms with E-state index >= 15 is 0 Å². The summed E-state index contributed by atoms with van der Waals surface area (Å²) in [6.45, 7) is 5.09.